The monoisotopic (exact) mass is 264 g/mol. The van der Waals surface area contributed by atoms with E-state index in [1.165, 1.54) is 31.5 Å². The van der Waals surface area contributed by atoms with Gasteiger partial charge in [0.25, 0.3) is 0 Å². The molecule has 0 unspecified atom stereocenters. The van der Waals surface area contributed by atoms with Crippen molar-refractivity contribution in [1.29, 1.82) is 0 Å². The minimum absolute atomic E-state index is 0.0724. The molecule has 1 heterocycles. The van der Waals surface area contributed by atoms with E-state index in [9.17, 15) is 9.18 Å². The van der Waals surface area contributed by atoms with Crippen LogP contribution >= 0.6 is 0 Å². The van der Waals surface area contributed by atoms with Gasteiger partial charge in [-0.3, -0.25) is 0 Å². The molecule has 0 fully saturated rings. The summed E-state index contributed by atoms with van der Waals surface area (Å²) >= 11 is 0. The third-order valence-electron chi connectivity index (χ3n) is 2.50. The fraction of sp³-hybridized carbons (Fsp3) is 0.231. The second-order valence-corrected chi connectivity index (χ2v) is 3.71. The summed E-state index contributed by atoms with van der Waals surface area (Å²) in [6.07, 6.45) is 1.43. The van der Waals surface area contributed by atoms with Crippen LogP contribution in [0.1, 0.15) is 17.5 Å². The third-order valence-corrected chi connectivity index (χ3v) is 2.50. The molecular formula is C13H13FN2O3. The van der Waals surface area contributed by atoms with Crippen molar-refractivity contribution in [3.8, 4) is 17.0 Å². The normalized spacial score (nSPS) is 10.3. The number of H-pyrrole nitrogens is 1. The number of carbonyl (C=O) groups excluding carboxylic acids is 1. The SMILES string of the molecule is CCOC(=O)c1ncc(-c2cc(F)ccc2OC)[nH]1. The van der Waals surface area contributed by atoms with Gasteiger partial charge in [0.15, 0.2) is 0 Å². The van der Waals surface area contributed by atoms with E-state index in [1.807, 2.05) is 0 Å². The molecule has 0 spiro atoms. The van der Waals surface area contributed by atoms with Crippen LogP contribution in [0.15, 0.2) is 24.4 Å². The molecule has 1 aromatic carbocycles. The molecule has 0 amide bonds. The van der Waals surface area contributed by atoms with E-state index in [0.29, 0.717) is 17.0 Å². The first-order chi connectivity index (χ1) is 9.15. The highest BCUT2D eigenvalue weighted by Crippen LogP contribution is 2.29. The quantitative estimate of drug-likeness (QED) is 0.861. The molecule has 5 nitrogen and oxygen atoms in total. The largest absolute Gasteiger partial charge is 0.496 e. The average Bonchev–Trinajstić information content (AvgIpc) is 2.88. The van der Waals surface area contributed by atoms with Crippen molar-refractivity contribution in [3.63, 3.8) is 0 Å². The molecule has 0 aliphatic rings. The summed E-state index contributed by atoms with van der Waals surface area (Å²) in [6, 6.07) is 4.11. The lowest BCUT2D eigenvalue weighted by atomic mass is 10.1. The Hall–Kier alpha value is -2.37. The zero-order valence-corrected chi connectivity index (χ0v) is 10.6. The van der Waals surface area contributed by atoms with Crippen molar-refractivity contribution in [1.82, 2.24) is 9.97 Å². The molecule has 0 bridgehead atoms. The third kappa shape index (κ3) is 2.73. The molecule has 1 N–H and O–H groups in total. The van der Waals surface area contributed by atoms with Crippen LogP contribution in [0, 0.1) is 5.82 Å². The molecule has 2 aromatic rings. The van der Waals surface area contributed by atoms with E-state index in [4.69, 9.17) is 9.47 Å². The number of benzene rings is 1. The van der Waals surface area contributed by atoms with Crippen molar-refractivity contribution < 1.29 is 18.7 Å². The topological polar surface area (TPSA) is 64.2 Å². The highest BCUT2D eigenvalue weighted by atomic mass is 19.1. The summed E-state index contributed by atoms with van der Waals surface area (Å²) in [4.78, 5) is 18.2. The number of nitrogens with one attached hydrogen (secondary N) is 1. The number of nitrogens with zero attached hydrogens (tertiary/aromatic N) is 1. The number of aromatic nitrogens is 2. The van der Waals surface area contributed by atoms with Crippen LogP contribution in [-0.4, -0.2) is 29.7 Å². The first kappa shape index (κ1) is 13.1. The summed E-state index contributed by atoms with van der Waals surface area (Å²) in [5, 5.41) is 0. The Labute approximate surface area is 109 Å². The molecule has 0 aliphatic carbocycles. The number of esters is 1. The fourth-order valence-corrected chi connectivity index (χ4v) is 1.65. The predicted octanol–water partition coefficient (Wildman–Crippen LogP) is 2.40. The molecule has 0 radical (unpaired) electrons. The van der Waals surface area contributed by atoms with Gasteiger partial charge in [-0.1, -0.05) is 0 Å². The van der Waals surface area contributed by atoms with Crippen LogP contribution in [0.2, 0.25) is 0 Å². The summed E-state index contributed by atoms with van der Waals surface area (Å²) in [5.74, 6) is -0.393. The van der Waals surface area contributed by atoms with E-state index < -0.39 is 11.8 Å². The van der Waals surface area contributed by atoms with Gasteiger partial charge in [0.2, 0.25) is 5.82 Å². The van der Waals surface area contributed by atoms with Gasteiger partial charge < -0.3 is 14.5 Å². The van der Waals surface area contributed by atoms with Crippen LogP contribution in [0.4, 0.5) is 4.39 Å². The van der Waals surface area contributed by atoms with E-state index in [0.717, 1.165) is 0 Å². The van der Waals surface area contributed by atoms with Crippen LogP contribution in [0.3, 0.4) is 0 Å². The van der Waals surface area contributed by atoms with Gasteiger partial charge in [-0.15, -0.1) is 0 Å². The van der Waals surface area contributed by atoms with Gasteiger partial charge in [-0.25, -0.2) is 14.2 Å². The number of methoxy groups -OCH3 is 1. The summed E-state index contributed by atoms with van der Waals surface area (Å²) < 4.78 is 23.2. The highest BCUT2D eigenvalue weighted by Gasteiger charge is 2.14. The molecule has 0 saturated heterocycles. The zero-order valence-electron chi connectivity index (χ0n) is 10.6. The lowest BCUT2D eigenvalue weighted by Crippen LogP contribution is -2.06. The predicted molar refractivity (Wildman–Crippen MR) is 66.5 cm³/mol. The molecule has 6 heteroatoms. The van der Waals surface area contributed by atoms with E-state index in [2.05, 4.69) is 9.97 Å². The minimum atomic E-state index is -0.552. The molecule has 0 saturated carbocycles. The number of hydrogen-bond acceptors (Lipinski definition) is 4. The van der Waals surface area contributed by atoms with E-state index >= 15 is 0 Å². The summed E-state index contributed by atoms with van der Waals surface area (Å²) in [6.45, 7) is 1.97. The number of hydrogen-bond donors (Lipinski definition) is 1. The number of halogens is 1. The van der Waals surface area contributed by atoms with Gasteiger partial charge in [0.05, 0.1) is 25.6 Å². The zero-order chi connectivity index (χ0) is 13.8. The molecule has 0 aliphatic heterocycles. The molecule has 100 valence electrons. The van der Waals surface area contributed by atoms with Crippen LogP contribution in [-0.2, 0) is 4.74 Å². The van der Waals surface area contributed by atoms with E-state index in [-0.39, 0.29) is 12.4 Å². The Morgan fingerprint density at radius 3 is 2.95 bits per heavy atom. The Kier molecular flexibility index (Phi) is 3.79. The van der Waals surface area contributed by atoms with Crippen LogP contribution in [0.25, 0.3) is 11.3 Å². The maximum absolute atomic E-state index is 13.3. The van der Waals surface area contributed by atoms with Crippen LogP contribution in [0.5, 0.6) is 5.75 Å². The Morgan fingerprint density at radius 1 is 1.47 bits per heavy atom. The summed E-state index contributed by atoms with van der Waals surface area (Å²) in [5.41, 5.74) is 0.977. The van der Waals surface area contributed by atoms with Gasteiger partial charge in [-0.05, 0) is 25.1 Å². The van der Waals surface area contributed by atoms with Crippen LogP contribution < -0.4 is 4.74 Å². The maximum Gasteiger partial charge on any atom is 0.374 e. The number of carbonyl (C=O) groups is 1. The van der Waals surface area contributed by atoms with Gasteiger partial charge >= 0.3 is 5.97 Å². The van der Waals surface area contributed by atoms with Crippen molar-refractivity contribution in [2.24, 2.45) is 0 Å². The first-order valence-electron chi connectivity index (χ1n) is 5.71. The lowest BCUT2D eigenvalue weighted by molar-refractivity contribution is 0.0513. The molecule has 0 atom stereocenters. The lowest BCUT2D eigenvalue weighted by Gasteiger charge is -2.06. The van der Waals surface area contributed by atoms with Crippen molar-refractivity contribution in [3.05, 3.63) is 36.0 Å². The maximum atomic E-state index is 13.3. The average molecular weight is 264 g/mol. The highest BCUT2D eigenvalue weighted by molar-refractivity contribution is 5.86. The Balaban J connectivity index is 2.37. The van der Waals surface area contributed by atoms with Crippen molar-refractivity contribution in [2.45, 2.75) is 6.92 Å². The Bertz CT molecular complexity index is 595. The number of ether oxygens (including phenoxy) is 2. The van der Waals surface area contributed by atoms with Gasteiger partial charge in [-0.2, -0.15) is 0 Å². The second-order valence-electron chi connectivity index (χ2n) is 3.71. The van der Waals surface area contributed by atoms with Crippen molar-refractivity contribution >= 4 is 5.97 Å². The molecule has 1 aromatic heterocycles. The molecule has 2 rings (SSSR count). The van der Waals surface area contributed by atoms with Gasteiger partial charge in [0.1, 0.15) is 11.6 Å². The standard InChI is InChI=1S/C13H13FN2O3/c1-3-19-13(17)12-15-7-10(16-12)9-6-8(14)4-5-11(9)18-2/h4-7H,3H2,1-2H3,(H,15,16). The fourth-order valence-electron chi connectivity index (χ4n) is 1.65. The molecule has 19 heavy (non-hydrogen) atoms. The molecular weight excluding hydrogens is 251 g/mol. The minimum Gasteiger partial charge on any atom is -0.496 e. The number of imidazole rings is 1. The number of aromatic amines is 1. The second kappa shape index (κ2) is 5.51. The first-order valence-corrected chi connectivity index (χ1v) is 5.71. The summed E-state index contributed by atoms with van der Waals surface area (Å²) in [7, 11) is 1.49. The Morgan fingerprint density at radius 2 is 2.26 bits per heavy atom. The van der Waals surface area contributed by atoms with E-state index in [1.54, 1.807) is 6.92 Å². The number of rotatable bonds is 4. The smallest absolute Gasteiger partial charge is 0.374 e. The van der Waals surface area contributed by atoms with Gasteiger partial charge in [0, 0.05) is 5.56 Å². The van der Waals surface area contributed by atoms with Crippen molar-refractivity contribution in [2.75, 3.05) is 13.7 Å².